The highest BCUT2D eigenvalue weighted by Gasteiger charge is 2.16. The number of methoxy groups -OCH3 is 1. The number of ether oxygens (including phenoxy) is 1. The normalized spacial score (nSPS) is 10.4. The monoisotopic (exact) mass is 293 g/mol. The van der Waals surface area contributed by atoms with Gasteiger partial charge in [0.25, 0.3) is 5.91 Å². The molecule has 0 saturated carbocycles. The Kier molecular flexibility index (Phi) is 3.62. The molecule has 0 atom stereocenters. The number of carbonyl (C=O) groups is 1. The average molecular weight is 293 g/mol. The van der Waals surface area contributed by atoms with Crippen molar-refractivity contribution in [3.8, 4) is 22.7 Å². The highest BCUT2D eigenvalue weighted by atomic mass is 16.5. The van der Waals surface area contributed by atoms with Gasteiger partial charge in [-0.2, -0.15) is 5.10 Å². The van der Waals surface area contributed by atoms with Crippen molar-refractivity contribution in [2.45, 2.75) is 0 Å². The lowest BCUT2D eigenvalue weighted by Gasteiger charge is -2.03. The third-order valence-electron chi connectivity index (χ3n) is 3.34. The zero-order valence-corrected chi connectivity index (χ0v) is 12.1. The number of amides is 1. The molecule has 22 heavy (non-hydrogen) atoms. The van der Waals surface area contributed by atoms with E-state index in [-0.39, 0.29) is 0 Å². The summed E-state index contributed by atoms with van der Waals surface area (Å²) in [5, 5.41) is 4.51. The first-order valence-corrected chi connectivity index (χ1v) is 6.78. The van der Waals surface area contributed by atoms with Crippen LogP contribution in [0.5, 0.6) is 5.75 Å². The average Bonchev–Trinajstić information content (AvgIpc) is 3.01. The molecular weight excluding hydrogens is 278 g/mol. The van der Waals surface area contributed by atoms with Gasteiger partial charge in [-0.25, -0.2) is 4.68 Å². The summed E-state index contributed by atoms with van der Waals surface area (Å²) in [6, 6.07) is 16.9. The summed E-state index contributed by atoms with van der Waals surface area (Å²) in [4.78, 5) is 11.7. The maximum absolute atomic E-state index is 11.7. The van der Waals surface area contributed by atoms with Gasteiger partial charge >= 0.3 is 0 Å². The first-order valence-electron chi connectivity index (χ1n) is 6.78. The van der Waals surface area contributed by atoms with Crippen LogP contribution in [0.2, 0.25) is 0 Å². The Labute approximate surface area is 127 Å². The van der Waals surface area contributed by atoms with E-state index in [1.165, 1.54) is 0 Å². The van der Waals surface area contributed by atoms with Crippen LogP contribution in [0, 0.1) is 0 Å². The van der Waals surface area contributed by atoms with Crippen LogP contribution in [-0.4, -0.2) is 22.8 Å². The number of carbonyl (C=O) groups excluding carboxylic acids is 1. The first-order chi connectivity index (χ1) is 10.7. The summed E-state index contributed by atoms with van der Waals surface area (Å²) in [5.41, 5.74) is 8.04. The SMILES string of the molecule is COc1cccc(-c2nn(-c3ccccc3)cc2C(N)=O)c1. The van der Waals surface area contributed by atoms with Gasteiger partial charge in [0.1, 0.15) is 11.4 Å². The Morgan fingerprint density at radius 2 is 1.91 bits per heavy atom. The largest absolute Gasteiger partial charge is 0.497 e. The standard InChI is InChI=1S/C17H15N3O2/c1-22-14-9-5-6-12(10-14)16-15(17(18)21)11-20(19-16)13-7-3-2-4-8-13/h2-11H,1H3,(H2,18,21). The molecule has 1 heterocycles. The molecule has 0 bridgehead atoms. The van der Waals surface area contributed by atoms with Crippen molar-refractivity contribution >= 4 is 5.91 Å². The van der Waals surface area contributed by atoms with Crippen LogP contribution in [0.25, 0.3) is 16.9 Å². The zero-order chi connectivity index (χ0) is 15.5. The van der Waals surface area contributed by atoms with Crippen molar-refractivity contribution in [3.05, 3.63) is 66.4 Å². The predicted octanol–water partition coefficient (Wildman–Crippen LogP) is 2.65. The Balaban J connectivity index is 2.14. The number of rotatable bonds is 4. The van der Waals surface area contributed by atoms with E-state index >= 15 is 0 Å². The molecule has 0 unspecified atom stereocenters. The fraction of sp³-hybridized carbons (Fsp3) is 0.0588. The third kappa shape index (κ3) is 2.56. The van der Waals surface area contributed by atoms with E-state index in [1.54, 1.807) is 18.0 Å². The molecule has 0 saturated heterocycles. The molecule has 1 amide bonds. The molecule has 0 aliphatic rings. The van der Waals surface area contributed by atoms with E-state index < -0.39 is 5.91 Å². The van der Waals surface area contributed by atoms with E-state index in [0.29, 0.717) is 17.0 Å². The smallest absolute Gasteiger partial charge is 0.252 e. The van der Waals surface area contributed by atoms with Crippen LogP contribution in [0.3, 0.4) is 0 Å². The summed E-state index contributed by atoms with van der Waals surface area (Å²) in [6.07, 6.45) is 1.65. The fourth-order valence-corrected chi connectivity index (χ4v) is 2.25. The summed E-state index contributed by atoms with van der Waals surface area (Å²) in [6.45, 7) is 0. The lowest BCUT2D eigenvalue weighted by atomic mass is 10.1. The van der Waals surface area contributed by atoms with Crippen molar-refractivity contribution in [3.63, 3.8) is 0 Å². The number of nitrogens with two attached hydrogens (primary N) is 1. The van der Waals surface area contributed by atoms with Crippen molar-refractivity contribution in [2.75, 3.05) is 7.11 Å². The number of benzene rings is 2. The van der Waals surface area contributed by atoms with E-state index in [2.05, 4.69) is 5.10 Å². The van der Waals surface area contributed by atoms with Crippen LogP contribution in [0.4, 0.5) is 0 Å². The molecule has 0 aliphatic carbocycles. The van der Waals surface area contributed by atoms with Gasteiger partial charge in [-0.15, -0.1) is 0 Å². The number of para-hydroxylation sites is 1. The van der Waals surface area contributed by atoms with Crippen LogP contribution in [-0.2, 0) is 0 Å². The Bertz CT molecular complexity index is 810. The van der Waals surface area contributed by atoms with Gasteiger partial charge in [0.05, 0.1) is 18.4 Å². The Morgan fingerprint density at radius 3 is 2.59 bits per heavy atom. The van der Waals surface area contributed by atoms with Crippen molar-refractivity contribution in [2.24, 2.45) is 5.73 Å². The molecule has 110 valence electrons. The van der Waals surface area contributed by atoms with E-state index in [4.69, 9.17) is 10.5 Å². The highest BCUT2D eigenvalue weighted by molar-refractivity contribution is 5.98. The van der Waals surface area contributed by atoms with Gasteiger partial charge in [0.2, 0.25) is 0 Å². The van der Waals surface area contributed by atoms with Crippen LogP contribution >= 0.6 is 0 Å². The van der Waals surface area contributed by atoms with Crippen LogP contribution < -0.4 is 10.5 Å². The van der Waals surface area contributed by atoms with Crippen LogP contribution in [0.15, 0.2) is 60.8 Å². The second-order valence-corrected chi connectivity index (χ2v) is 4.77. The van der Waals surface area contributed by atoms with E-state index in [9.17, 15) is 4.79 Å². The highest BCUT2D eigenvalue weighted by Crippen LogP contribution is 2.26. The summed E-state index contributed by atoms with van der Waals surface area (Å²) in [5.74, 6) is 0.183. The molecular formula is C17H15N3O2. The van der Waals surface area contributed by atoms with Gasteiger partial charge in [-0.3, -0.25) is 4.79 Å². The quantitative estimate of drug-likeness (QED) is 0.804. The molecule has 2 N–H and O–H groups in total. The number of primary amides is 1. The summed E-state index contributed by atoms with van der Waals surface area (Å²) >= 11 is 0. The maximum Gasteiger partial charge on any atom is 0.252 e. The second kappa shape index (κ2) is 5.73. The molecule has 0 radical (unpaired) electrons. The van der Waals surface area contributed by atoms with Crippen molar-refractivity contribution in [1.29, 1.82) is 0 Å². The minimum absolute atomic E-state index is 0.372. The minimum atomic E-state index is -0.514. The fourth-order valence-electron chi connectivity index (χ4n) is 2.25. The molecule has 0 fully saturated rings. The van der Waals surface area contributed by atoms with Crippen molar-refractivity contribution < 1.29 is 9.53 Å². The number of aromatic nitrogens is 2. The second-order valence-electron chi connectivity index (χ2n) is 4.77. The molecule has 5 nitrogen and oxygen atoms in total. The number of nitrogens with zero attached hydrogens (tertiary/aromatic N) is 2. The molecule has 0 spiro atoms. The van der Waals surface area contributed by atoms with Gasteiger partial charge in [-0.1, -0.05) is 30.3 Å². The Hall–Kier alpha value is -3.08. The summed E-state index contributed by atoms with van der Waals surface area (Å²) < 4.78 is 6.87. The lowest BCUT2D eigenvalue weighted by molar-refractivity contribution is 0.100. The topological polar surface area (TPSA) is 70.1 Å². The van der Waals surface area contributed by atoms with E-state index in [0.717, 1.165) is 11.3 Å². The third-order valence-corrected chi connectivity index (χ3v) is 3.34. The van der Waals surface area contributed by atoms with Gasteiger partial charge < -0.3 is 10.5 Å². The minimum Gasteiger partial charge on any atom is -0.497 e. The number of hydrogen-bond donors (Lipinski definition) is 1. The molecule has 5 heteroatoms. The number of hydrogen-bond acceptors (Lipinski definition) is 3. The maximum atomic E-state index is 11.7. The van der Waals surface area contributed by atoms with Gasteiger partial charge in [0.15, 0.2) is 0 Å². The first kappa shape index (κ1) is 13.9. The molecule has 2 aromatic carbocycles. The van der Waals surface area contributed by atoms with Crippen molar-refractivity contribution in [1.82, 2.24) is 9.78 Å². The predicted molar refractivity (Wildman–Crippen MR) is 84.1 cm³/mol. The lowest BCUT2D eigenvalue weighted by Crippen LogP contribution is -2.11. The van der Waals surface area contributed by atoms with Gasteiger partial charge in [-0.05, 0) is 24.3 Å². The van der Waals surface area contributed by atoms with Crippen LogP contribution in [0.1, 0.15) is 10.4 Å². The molecule has 3 rings (SSSR count). The summed E-state index contributed by atoms with van der Waals surface area (Å²) in [7, 11) is 1.59. The Morgan fingerprint density at radius 1 is 1.14 bits per heavy atom. The van der Waals surface area contributed by atoms with Gasteiger partial charge in [0, 0.05) is 11.8 Å². The zero-order valence-electron chi connectivity index (χ0n) is 12.1. The molecule has 0 aliphatic heterocycles. The van der Waals surface area contributed by atoms with E-state index in [1.807, 2.05) is 54.6 Å². The molecule has 3 aromatic rings. The molecule has 1 aromatic heterocycles.